The molecule has 0 N–H and O–H groups in total. The van der Waals surface area contributed by atoms with E-state index in [0.717, 1.165) is 72.5 Å². The monoisotopic (exact) mass is 487 g/mol. The second-order valence-corrected chi connectivity index (χ2v) is 10.6. The number of benzene rings is 1. The highest BCUT2D eigenvalue weighted by atomic mass is 32.2. The van der Waals surface area contributed by atoms with E-state index in [9.17, 15) is 13.2 Å². The van der Waals surface area contributed by atoms with Crippen molar-refractivity contribution >= 4 is 11.8 Å². The van der Waals surface area contributed by atoms with Crippen molar-refractivity contribution in [1.82, 2.24) is 24.6 Å². The van der Waals surface area contributed by atoms with Crippen LogP contribution in [-0.4, -0.2) is 50.0 Å². The molecule has 3 heterocycles. The molecule has 5 nitrogen and oxygen atoms in total. The fourth-order valence-electron chi connectivity index (χ4n) is 5.09. The molecule has 0 bridgehead atoms. The third kappa shape index (κ3) is 4.73. The lowest BCUT2D eigenvalue weighted by Crippen LogP contribution is -2.23. The number of pyridine rings is 1. The van der Waals surface area contributed by atoms with Crippen LogP contribution < -0.4 is 0 Å². The summed E-state index contributed by atoms with van der Waals surface area (Å²) in [4.78, 5) is 6.85. The van der Waals surface area contributed by atoms with E-state index >= 15 is 0 Å². The standard InChI is InChI=1S/C25H28F3N5S/c1-17-4-5-19(15-29-17)22-30-31-23(32(22)2)34-13-3-11-33-12-10-24(16-33)14-21(24)18-6-8-20(9-7-18)25(26,27)28/h4-9,15,21H,3,10-14,16H2,1-2H3/t21-,24?/m1/s1. The van der Waals surface area contributed by atoms with Gasteiger partial charge in [-0.1, -0.05) is 23.9 Å². The largest absolute Gasteiger partial charge is 0.416 e. The molecule has 1 aromatic carbocycles. The van der Waals surface area contributed by atoms with Crippen LogP contribution in [0.1, 0.15) is 42.0 Å². The Morgan fingerprint density at radius 3 is 2.62 bits per heavy atom. The zero-order chi connectivity index (χ0) is 23.9. The first-order valence-electron chi connectivity index (χ1n) is 11.6. The van der Waals surface area contributed by atoms with E-state index in [1.807, 2.05) is 36.9 Å². The van der Waals surface area contributed by atoms with Crippen molar-refractivity contribution in [3.05, 3.63) is 59.4 Å². The number of halogens is 3. The molecule has 1 saturated heterocycles. The Morgan fingerprint density at radius 1 is 1.12 bits per heavy atom. The van der Waals surface area contributed by atoms with E-state index in [1.165, 1.54) is 12.1 Å². The van der Waals surface area contributed by atoms with Gasteiger partial charge in [-0.3, -0.25) is 4.98 Å². The van der Waals surface area contributed by atoms with Crippen LogP contribution >= 0.6 is 11.8 Å². The molecule has 180 valence electrons. The summed E-state index contributed by atoms with van der Waals surface area (Å²) in [5.74, 6) is 2.17. The SMILES string of the molecule is Cc1ccc(-c2nnc(SCCCN3CCC4(C[C@@H]4c4ccc(C(F)(F)F)cc4)C3)n2C)cn1. The molecule has 5 rings (SSSR count). The Bertz CT molecular complexity index is 1140. The summed E-state index contributed by atoms with van der Waals surface area (Å²) in [5.41, 5.74) is 2.67. The summed E-state index contributed by atoms with van der Waals surface area (Å²) in [6.07, 6.45) is 0.821. The Balaban J connectivity index is 1.09. The minimum Gasteiger partial charge on any atom is -0.305 e. The summed E-state index contributed by atoms with van der Waals surface area (Å²) in [7, 11) is 1.98. The van der Waals surface area contributed by atoms with Crippen LogP contribution in [0.5, 0.6) is 0 Å². The van der Waals surface area contributed by atoms with Crippen molar-refractivity contribution < 1.29 is 13.2 Å². The van der Waals surface area contributed by atoms with Crippen molar-refractivity contribution in [3.63, 3.8) is 0 Å². The van der Waals surface area contributed by atoms with Crippen LogP contribution in [0.25, 0.3) is 11.4 Å². The fourth-order valence-corrected chi connectivity index (χ4v) is 5.93. The maximum atomic E-state index is 12.8. The fraction of sp³-hybridized carbons (Fsp3) is 0.480. The van der Waals surface area contributed by atoms with Crippen molar-refractivity contribution in [2.75, 3.05) is 25.4 Å². The van der Waals surface area contributed by atoms with E-state index in [2.05, 4.69) is 20.1 Å². The number of hydrogen-bond donors (Lipinski definition) is 0. The molecule has 9 heteroatoms. The van der Waals surface area contributed by atoms with Gasteiger partial charge in [-0.25, -0.2) is 0 Å². The van der Waals surface area contributed by atoms with Crippen LogP contribution in [0.2, 0.25) is 0 Å². The molecule has 1 saturated carbocycles. The highest BCUT2D eigenvalue weighted by Gasteiger charge is 2.57. The molecule has 0 amide bonds. The zero-order valence-electron chi connectivity index (χ0n) is 19.3. The number of nitrogens with zero attached hydrogens (tertiary/aromatic N) is 5. The summed E-state index contributed by atoms with van der Waals surface area (Å²) in [6, 6.07) is 9.77. The zero-order valence-corrected chi connectivity index (χ0v) is 20.2. The van der Waals surface area contributed by atoms with Gasteiger partial charge in [0.2, 0.25) is 0 Å². The molecular formula is C25H28F3N5S. The highest BCUT2D eigenvalue weighted by Crippen LogP contribution is 2.64. The minimum atomic E-state index is -4.27. The third-order valence-electron chi connectivity index (χ3n) is 7.15. The summed E-state index contributed by atoms with van der Waals surface area (Å²) in [6.45, 7) is 5.09. The number of alkyl halides is 3. The average Bonchev–Trinajstić information content (AvgIpc) is 3.16. The molecule has 1 unspecified atom stereocenters. The first-order chi connectivity index (χ1) is 16.2. The normalized spacial score (nSPS) is 22.6. The van der Waals surface area contributed by atoms with E-state index in [1.54, 1.807) is 23.9 Å². The topological polar surface area (TPSA) is 46.8 Å². The molecule has 1 spiro atoms. The summed E-state index contributed by atoms with van der Waals surface area (Å²) in [5, 5.41) is 9.58. The first kappa shape index (κ1) is 23.4. The van der Waals surface area contributed by atoms with Gasteiger partial charge in [0.05, 0.1) is 5.56 Å². The van der Waals surface area contributed by atoms with E-state index in [0.29, 0.717) is 5.92 Å². The Hall–Kier alpha value is -2.39. The molecular weight excluding hydrogens is 459 g/mol. The molecule has 2 atom stereocenters. The van der Waals surface area contributed by atoms with Crippen LogP contribution in [0, 0.1) is 12.3 Å². The predicted molar refractivity (Wildman–Crippen MR) is 127 cm³/mol. The molecule has 2 aromatic heterocycles. The van der Waals surface area contributed by atoms with E-state index < -0.39 is 11.7 Å². The summed E-state index contributed by atoms with van der Waals surface area (Å²) < 4.78 is 40.5. The predicted octanol–water partition coefficient (Wildman–Crippen LogP) is 5.57. The van der Waals surface area contributed by atoms with Gasteiger partial charge in [0.1, 0.15) is 0 Å². The van der Waals surface area contributed by atoms with Gasteiger partial charge in [-0.05, 0) is 80.4 Å². The quantitative estimate of drug-likeness (QED) is 0.322. The van der Waals surface area contributed by atoms with E-state index in [4.69, 9.17) is 0 Å². The lowest BCUT2D eigenvalue weighted by Gasteiger charge is -2.16. The molecule has 3 aromatic rings. The highest BCUT2D eigenvalue weighted by molar-refractivity contribution is 7.99. The van der Waals surface area contributed by atoms with Gasteiger partial charge in [0, 0.05) is 36.8 Å². The summed E-state index contributed by atoms with van der Waals surface area (Å²) >= 11 is 1.72. The lowest BCUT2D eigenvalue weighted by atomic mass is 9.97. The Morgan fingerprint density at radius 2 is 1.91 bits per heavy atom. The van der Waals surface area contributed by atoms with Crippen LogP contribution in [-0.2, 0) is 13.2 Å². The third-order valence-corrected chi connectivity index (χ3v) is 8.26. The van der Waals surface area contributed by atoms with Crippen LogP contribution in [0.4, 0.5) is 13.2 Å². The Labute approximate surface area is 201 Å². The second kappa shape index (κ2) is 9.00. The Kier molecular flexibility index (Phi) is 6.18. The molecule has 34 heavy (non-hydrogen) atoms. The van der Waals surface area contributed by atoms with Crippen molar-refractivity contribution in [2.45, 2.75) is 43.4 Å². The maximum absolute atomic E-state index is 12.8. The number of hydrogen-bond acceptors (Lipinski definition) is 5. The smallest absolute Gasteiger partial charge is 0.305 e. The molecule has 2 aliphatic rings. The van der Waals surface area contributed by atoms with Crippen LogP contribution in [0.15, 0.2) is 47.8 Å². The van der Waals surface area contributed by atoms with Crippen molar-refractivity contribution in [1.29, 1.82) is 0 Å². The van der Waals surface area contributed by atoms with Crippen molar-refractivity contribution in [3.8, 4) is 11.4 Å². The van der Waals surface area contributed by atoms with Crippen LogP contribution in [0.3, 0.4) is 0 Å². The number of thioether (sulfide) groups is 1. The van der Waals surface area contributed by atoms with Gasteiger partial charge in [-0.15, -0.1) is 10.2 Å². The second-order valence-electron chi connectivity index (χ2n) is 9.52. The molecule has 1 aliphatic carbocycles. The number of rotatable bonds is 7. The van der Waals surface area contributed by atoms with Gasteiger partial charge in [0.25, 0.3) is 0 Å². The molecule has 2 fully saturated rings. The number of aromatic nitrogens is 4. The number of likely N-dealkylation sites (tertiary alicyclic amines) is 1. The van der Waals surface area contributed by atoms with E-state index in [-0.39, 0.29) is 5.41 Å². The van der Waals surface area contributed by atoms with Crippen molar-refractivity contribution in [2.24, 2.45) is 12.5 Å². The van der Waals surface area contributed by atoms with Gasteiger partial charge >= 0.3 is 6.18 Å². The van der Waals surface area contributed by atoms with Gasteiger partial charge in [0.15, 0.2) is 11.0 Å². The minimum absolute atomic E-state index is 0.257. The van der Waals surface area contributed by atoms with Gasteiger partial charge in [-0.2, -0.15) is 13.2 Å². The number of aryl methyl sites for hydroxylation is 1. The molecule has 0 radical (unpaired) electrons. The average molecular weight is 488 g/mol. The molecule has 1 aliphatic heterocycles. The maximum Gasteiger partial charge on any atom is 0.416 e. The lowest BCUT2D eigenvalue weighted by molar-refractivity contribution is -0.137. The van der Waals surface area contributed by atoms with Gasteiger partial charge < -0.3 is 9.47 Å². The first-order valence-corrected chi connectivity index (χ1v) is 12.6.